The van der Waals surface area contributed by atoms with E-state index in [0.29, 0.717) is 24.7 Å². The van der Waals surface area contributed by atoms with Crippen LogP contribution in [0, 0.1) is 24.3 Å². The number of pyridine rings is 1. The van der Waals surface area contributed by atoms with Gasteiger partial charge in [-0.05, 0) is 216 Å². The Kier molecular flexibility index (Phi) is 30.3. The van der Waals surface area contributed by atoms with Crippen LogP contribution < -0.4 is 30.8 Å². The molecule has 0 aliphatic heterocycles. The van der Waals surface area contributed by atoms with Gasteiger partial charge in [0.05, 0.1) is 55.0 Å². The lowest BCUT2D eigenvalue weighted by molar-refractivity contribution is -0.138. The topological polar surface area (TPSA) is 140 Å². The van der Waals surface area contributed by atoms with Gasteiger partial charge in [0.1, 0.15) is 17.2 Å². The fourth-order valence-electron chi connectivity index (χ4n) is 9.00. The van der Waals surface area contributed by atoms with Crippen LogP contribution in [-0.4, -0.2) is 51.0 Å². The Hall–Kier alpha value is -7.17. The Balaban J connectivity index is 0.000000187. The summed E-state index contributed by atoms with van der Waals surface area (Å²) >= 11 is 18.1. The number of carbonyl (C=O) groups is 2. The van der Waals surface area contributed by atoms with Crippen LogP contribution in [0.25, 0.3) is 28.7 Å². The van der Waals surface area contributed by atoms with Gasteiger partial charge in [-0.2, -0.15) is 0 Å². The number of aromatic nitrogens is 1. The number of rotatable bonds is 21. The predicted octanol–water partition coefficient (Wildman–Crippen LogP) is 21.2. The first kappa shape index (κ1) is 74.2. The van der Waals surface area contributed by atoms with E-state index in [1.165, 1.54) is 39.3 Å². The SMILES string of the molecule is CCOC(=O)/C=C/c1cc(SCc2ccccc2)ccc1N.CCOC(=O)/C=C/c1cc(SCc2ccccc2)ccc1Nc1cc(C)c(Br)cc1OC.COc1cc(Br)c(C)cc1-n1c(=O)ccc2cc(SCc3ccccc3)ccc21.COc1cc(Br)c(C)cc1I. The highest BCUT2D eigenvalue weighted by Crippen LogP contribution is 2.38. The molecule has 0 bridgehead atoms. The van der Waals surface area contributed by atoms with E-state index in [2.05, 4.69) is 161 Å². The maximum Gasteiger partial charge on any atom is 0.330 e. The van der Waals surface area contributed by atoms with E-state index in [0.717, 1.165) is 106 Å². The number of hydrogen-bond donors (Lipinski definition) is 2. The van der Waals surface area contributed by atoms with Crippen molar-refractivity contribution in [3.63, 3.8) is 0 Å². The minimum atomic E-state index is -0.363. The van der Waals surface area contributed by atoms with Gasteiger partial charge in [0.2, 0.25) is 0 Å². The molecule has 10 rings (SSSR count). The highest BCUT2D eigenvalue weighted by atomic mass is 127. The normalized spacial score (nSPS) is 10.8. The van der Waals surface area contributed by atoms with Crippen LogP contribution >= 0.6 is 106 Å². The lowest BCUT2D eigenvalue weighted by atomic mass is 10.1. The van der Waals surface area contributed by atoms with Crippen molar-refractivity contribution in [1.82, 2.24) is 4.57 Å². The number of benzene rings is 9. The Morgan fingerprint density at radius 3 is 1.48 bits per heavy atom. The molecule has 11 nitrogen and oxygen atoms in total. The number of fused-ring (bicyclic) bond motifs is 1. The summed E-state index contributed by atoms with van der Waals surface area (Å²) in [6.45, 7) is 10.4. The first-order valence-corrected chi connectivity index (χ1v) is 36.2. The molecule has 1 heterocycles. The number of anilines is 3. The van der Waals surface area contributed by atoms with Crippen molar-refractivity contribution in [2.24, 2.45) is 0 Å². The van der Waals surface area contributed by atoms with Gasteiger partial charge < -0.3 is 34.7 Å². The number of methoxy groups -OCH3 is 3. The summed E-state index contributed by atoms with van der Waals surface area (Å²) in [4.78, 5) is 39.5. The van der Waals surface area contributed by atoms with Crippen molar-refractivity contribution >= 4 is 158 Å². The zero-order chi connectivity index (χ0) is 67.5. The number of nitrogens with one attached hydrogen (secondary N) is 1. The number of nitrogens with zero attached hydrogens (tertiary/aromatic N) is 1. The van der Waals surface area contributed by atoms with Crippen LogP contribution in [0.4, 0.5) is 17.1 Å². The highest BCUT2D eigenvalue weighted by molar-refractivity contribution is 14.1. The Morgan fingerprint density at radius 1 is 0.511 bits per heavy atom. The zero-order valence-electron chi connectivity index (χ0n) is 53.3. The molecular weight excluding hydrogens is 1550 g/mol. The van der Waals surface area contributed by atoms with Crippen LogP contribution in [0.5, 0.6) is 17.2 Å². The molecule has 3 N–H and O–H groups in total. The third kappa shape index (κ3) is 22.8. The van der Waals surface area contributed by atoms with Crippen LogP contribution in [0.1, 0.15) is 58.4 Å². The predicted molar refractivity (Wildman–Crippen MR) is 412 cm³/mol. The van der Waals surface area contributed by atoms with E-state index in [-0.39, 0.29) is 17.5 Å². The molecule has 0 saturated carbocycles. The van der Waals surface area contributed by atoms with Crippen LogP contribution in [0.2, 0.25) is 0 Å². The summed E-state index contributed by atoms with van der Waals surface area (Å²) in [6, 6.07) is 64.7. The molecule has 9 aromatic carbocycles. The third-order valence-electron chi connectivity index (χ3n) is 13.9. The number of hydrogen-bond acceptors (Lipinski definition) is 13. The van der Waals surface area contributed by atoms with Crippen LogP contribution in [0.3, 0.4) is 0 Å². The standard InChI is InChI=1S/C26H26BrNO3S.C24H20BrNO2S.C18H19NO2S.C8H8BrIO/c1-4-31-26(29)13-10-20-15-21(32-17-19-8-6-5-7-9-19)11-12-23(20)28-24-14-18(2)22(27)16-25(24)30-3;1-16-12-22(23(28-2)14-20(16)25)26-21-10-9-19(13-18(21)8-11-24(26)27)29-15-17-6-4-3-5-7-17;1-2-21-18(20)11-8-15-12-16(9-10-17(15)19)22-13-14-6-4-3-5-7-14;1-5-3-7(10)8(11-2)4-6(5)9/h5-16,28H,4,17H2,1-3H3;3-14H,15H2,1-2H3;3-12H,2,13,19H2,1H3;3-4H,1-2H3/b13-10+;;11-8+;. The molecule has 0 amide bonds. The third-order valence-corrected chi connectivity index (χ3v) is 20.5. The molecule has 0 atom stereocenters. The van der Waals surface area contributed by atoms with Gasteiger partial charge >= 0.3 is 11.9 Å². The van der Waals surface area contributed by atoms with Crippen LogP contribution in [-0.2, 0) is 36.3 Å². The largest absolute Gasteiger partial charge is 0.496 e. The second-order valence-electron chi connectivity index (χ2n) is 20.7. The summed E-state index contributed by atoms with van der Waals surface area (Å²) in [6.07, 6.45) is 6.34. The molecule has 0 saturated heterocycles. The maximum absolute atomic E-state index is 12.8. The summed E-state index contributed by atoms with van der Waals surface area (Å²) in [5.41, 5.74) is 18.7. The Bertz CT molecular complexity index is 4290. The number of thioether (sulfide) groups is 3. The molecule has 18 heteroatoms. The molecule has 0 spiro atoms. The lowest BCUT2D eigenvalue weighted by Gasteiger charge is -2.16. The number of aryl methyl sites for hydroxylation is 3. The van der Waals surface area contributed by atoms with Crippen molar-refractivity contribution < 1.29 is 33.3 Å². The first-order chi connectivity index (χ1) is 45.4. The minimum Gasteiger partial charge on any atom is -0.496 e. The first-order valence-electron chi connectivity index (χ1n) is 29.7. The summed E-state index contributed by atoms with van der Waals surface area (Å²) < 4.78 is 32.0. The second-order valence-corrected chi connectivity index (χ2v) is 27.6. The molecule has 94 heavy (non-hydrogen) atoms. The quantitative estimate of drug-likeness (QED) is 0.0232. The maximum atomic E-state index is 12.8. The number of esters is 2. The van der Waals surface area contributed by atoms with Gasteiger partial charge in [0, 0.05) is 75.0 Å². The zero-order valence-corrected chi connectivity index (χ0v) is 62.7. The molecule has 0 aliphatic carbocycles. The van der Waals surface area contributed by atoms with E-state index in [1.807, 2.05) is 123 Å². The molecular formula is C76H73Br3IN3O8S3. The van der Waals surface area contributed by atoms with Crippen LogP contribution in [0.15, 0.2) is 239 Å². The number of ether oxygens (including phenoxy) is 5. The summed E-state index contributed by atoms with van der Waals surface area (Å²) in [5, 5.41) is 4.48. The van der Waals surface area contributed by atoms with Gasteiger partial charge in [0.25, 0.3) is 5.56 Å². The highest BCUT2D eigenvalue weighted by Gasteiger charge is 2.15. The number of nitrogen functional groups attached to an aromatic ring is 1. The van der Waals surface area contributed by atoms with Crippen molar-refractivity contribution in [1.29, 1.82) is 0 Å². The van der Waals surface area contributed by atoms with Gasteiger partial charge in [-0.15, -0.1) is 35.3 Å². The molecule has 0 aliphatic rings. The molecule has 1 aromatic heterocycles. The Morgan fingerprint density at radius 2 is 0.957 bits per heavy atom. The van der Waals surface area contributed by atoms with E-state index < -0.39 is 0 Å². The fourth-order valence-corrected chi connectivity index (χ4v) is 13.5. The second kappa shape index (κ2) is 38.4. The molecule has 10 aromatic rings. The lowest BCUT2D eigenvalue weighted by Crippen LogP contribution is -2.18. The minimum absolute atomic E-state index is 0.0813. The number of halogens is 4. The van der Waals surface area contributed by atoms with E-state index >= 15 is 0 Å². The smallest absolute Gasteiger partial charge is 0.330 e. The molecule has 0 radical (unpaired) electrons. The van der Waals surface area contributed by atoms with Crippen molar-refractivity contribution in [2.75, 3.05) is 45.6 Å². The Labute approximate surface area is 603 Å². The monoisotopic (exact) mass is 1620 g/mol. The van der Waals surface area contributed by atoms with E-state index in [4.69, 9.17) is 29.4 Å². The molecule has 486 valence electrons. The van der Waals surface area contributed by atoms with Gasteiger partial charge in [-0.25, -0.2) is 9.59 Å². The summed E-state index contributed by atoms with van der Waals surface area (Å²) in [5.74, 6) is 4.25. The molecule has 0 fully saturated rings. The summed E-state index contributed by atoms with van der Waals surface area (Å²) in [7, 11) is 4.95. The van der Waals surface area contributed by atoms with Gasteiger partial charge in [0.15, 0.2) is 0 Å². The average molecular weight is 1620 g/mol. The number of carbonyl (C=O) groups excluding carboxylic acids is 2. The van der Waals surface area contributed by atoms with Crippen molar-refractivity contribution in [2.45, 2.75) is 66.6 Å². The number of nitrogens with two attached hydrogens (primary N) is 1. The van der Waals surface area contributed by atoms with Crippen molar-refractivity contribution in [3.05, 3.63) is 278 Å². The van der Waals surface area contributed by atoms with Gasteiger partial charge in [-0.3, -0.25) is 9.36 Å². The van der Waals surface area contributed by atoms with E-state index in [1.54, 1.807) is 93.2 Å². The molecule has 0 unspecified atom stereocenters. The van der Waals surface area contributed by atoms with E-state index in [9.17, 15) is 14.4 Å². The van der Waals surface area contributed by atoms with Crippen molar-refractivity contribution in [3.8, 4) is 22.9 Å². The van der Waals surface area contributed by atoms with Gasteiger partial charge in [-0.1, -0.05) is 139 Å². The fraction of sp³-hybridized carbons (Fsp3) is 0.171. The average Bonchev–Trinajstić information content (AvgIpc) is 0.777.